The Labute approximate surface area is 151 Å². The summed E-state index contributed by atoms with van der Waals surface area (Å²) in [6, 6.07) is 6.99. The molecule has 2 rings (SSSR count). The van der Waals surface area contributed by atoms with Crippen molar-refractivity contribution in [3.05, 3.63) is 29.8 Å². The number of hydrogen-bond donors (Lipinski definition) is 2. The molecule has 0 unspecified atom stereocenters. The summed E-state index contributed by atoms with van der Waals surface area (Å²) in [4.78, 5) is 26.3. The van der Waals surface area contributed by atoms with Gasteiger partial charge >= 0.3 is 6.03 Å². The van der Waals surface area contributed by atoms with Gasteiger partial charge in [-0.3, -0.25) is 4.79 Å². The van der Waals surface area contributed by atoms with Crippen LogP contribution in [0.5, 0.6) is 0 Å². The van der Waals surface area contributed by atoms with Crippen molar-refractivity contribution in [1.82, 2.24) is 10.2 Å². The fourth-order valence-corrected chi connectivity index (χ4v) is 3.08. The quantitative estimate of drug-likeness (QED) is 0.719. The molecule has 25 heavy (non-hydrogen) atoms. The van der Waals surface area contributed by atoms with Crippen LogP contribution in [0, 0.1) is 0 Å². The monoisotopic (exact) mass is 345 g/mol. The van der Waals surface area contributed by atoms with Gasteiger partial charge in [0, 0.05) is 30.9 Å². The number of benzene rings is 1. The second kappa shape index (κ2) is 10.7. The highest BCUT2D eigenvalue weighted by Crippen LogP contribution is 2.15. The lowest BCUT2D eigenvalue weighted by molar-refractivity contribution is 0.0761. The largest absolute Gasteiger partial charge is 0.339 e. The number of rotatable bonds is 7. The van der Waals surface area contributed by atoms with Crippen LogP contribution in [0.15, 0.2) is 24.3 Å². The van der Waals surface area contributed by atoms with Crippen LogP contribution in [0.3, 0.4) is 0 Å². The Balaban J connectivity index is 1.78. The van der Waals surface area contributed by atoms with Crippen LogP contribution in [0.4, 0.5) is 10.5 Å². The Morgan fingerprint density at radius 3 is 2.28 bits per heavy atom. The predicted octanol–water partition coefficient (Wildman–Crippen LogP) is 4.40. The zero-order valence-electron chi connectivity index (χ0n) is 15.4. The number of urea groups is 1. The molecule has 0 aliphatic carbocycles. The van der Waals surface area contributed by atoms with Gasteiger partial charge < -0.3 is 15.5 Å². The molecular weight excluding hydrogens is 314 g/mol. The van der Waals surface area contributed by atoms with Gasteiger partial charge in [0.25, 0.3) is 5.91 Å². The van der Waals surface area contributed by atoms with Crippen LogP contribution in [-0.2, 0) is 0 Å². The average Bonchev–Trinajstić information content (AvgIpc) is 2.91. The van der Waals surface area contributed by atoms with Crippen molar-refractivity contribution in [2.75, 3.05) is 25.0 Å². The van der Waals surface area contributed by atoms with Crippen LogP contribution in [0.25, 0.3) is 0 Å². The van der Waals surface area contributed by atoms with Gasteiger partial charge in [-0.25, -0.2) is 4.79 Å². The summed E-state index contributed by atoms with van der Waals surface area (Å²) in [6.07, 6.45) is 9.13. The number of carbonyl (C=O) groups is 2. The van der Waals surface area contributed by atoms with Crippen molar-refractivity contribution in [1.29, 1.82) is 0 Å². The van der Waals surface area contributed by atoms with E-state index in [2.05, 4.69) is 17.6 Å². The summed E-state index contributed by atoms with van der Waals surface area (Å²) in [5.41, 5.74) is 1.39. The second-order valence-electron chi connectivity index (χ2n) is 6.73. The summed E-state index contributed by atoms with van der Waals surface area (Å²) >= 11 is 0. The van der Waals surface area contributed by atoms with E-state index in [4.69, 9.17) is 0 Å². The minimum atomic E-state index is -0.192. The molecule has 2 N–H and O–H groups in total. The summed E-state index contributed by atoms with van der Waals surface area (Å²) in [7, 11) is 0. The van der Waals surface area contributed by atoms with Crippen LogP contribution in [0.1, 0.15) is 68.6 Å². The van der Waals surface area contributed by atoms with Crippen LogP contribution >= 0.6 is 0 Å². The number of carbonyl (C=O) groups excluding carboxylic acids is 2. The van der Waals surface area contributed by atoms with Gasteiger partial charge in [-0.15, -0.1) is 0 Å². The van der Waals surface area contributed by atoms with Crippen molar-refractivity contribution >= 4 is 17.6 Å². The molecule has 1 aromatic rings. The highest BCUT2D eigenvalue weighted by atomic mass is 16.2. The third kappa shape index (κ3) is 6.77. The first-order valence-corrected chi connectivity index (χ1v) is 9.65. The molecule has 0 saturated carbocycles. The number of nitrogens with zero attached hydrogens (tertiary/aromatic N) is 1. The summed E-state index contributed by atoms with van der Waals surface area (Å²) < 4.78 is 0. The minimum absolute atomic E-state index is 0.0915. The number of amides is 3. The maximum Gasteiger partial charge on any atom is 0.319 e. The number of hydrogen-bond acceptors (Lipinski definition) is 2. The molecule has 0 aromatic heterocycles. The molecule has 1 aliphatic heterocycles. The van der Waals surface area contributed by atoms with Gasteiger partial charge in [-0.1, -0.05) is 39.0 Å². The van der Waals surface area contributed by atoms with Crippen LogP contribution < -0.4 is 10.6 Å². The first kappa shape index (κ1) is 19.3. The number of likely N-dealkylation sites (tertiary alicyclic amines) is 1. The van der Waals surface area contributed by atoms with E-state index in [1.807, 2.05) is 4.90 Å². The van der Waals surface area contributed by atoms with E-state index in [9.17, 15) is 9.59 Å². The molecule has 1 fully saturated rings. The smallest absolute Gasteiger partial charge is 0.319 e. The molecule has 1 heterocycles. The number of anilines is 1. The van der Waals surface area contributed by atoms with Gasteiger partial charge in [0.1, 0.15) is 0 Å². The zero-order chi connectivity index (χ0) is 17.9. The first-order valence-electron chi connectivity index (χ1n) is 9.65. The second-order valence-corrected chi connectivity index (χ2v) is 6.73. The van der Waals surface area contributed by atoms with Gasteiger partial charge in [0.15, 0.2) is 0 Å². The fraction of sp³-hybridized carbons (Fsp3) is 0.600. The zero-order valence-corrected chi connectivity index (χ0v) is 15.4. The molecule has 1 aliphatic rings. The van der Waals surface area contributed by atoms with E-state index >= 15 is 0 Å². The van der Waals surface area contributed by atoms with E-state index < -0.39 is 0 Å². The fourth-order valence-electron chi connectivity index (χ4n) is 3.08. The molecule has 5 heteroatoms. The average molecular weight is 345 g/mol. The highest BCUT2D eigenvalue weighted by Gasteiger charge is 2.17. The third-order valence-corrected chi connectivity index (χ3v) is 4.60. The standard InChI is InChI=1S/C20H31N3O2/c1-2-3-4-7-14-21-20(25)22-18-12-10-17(11-13-18)19(24)23-15-8-5-6-9-16-23/h10-13H,2-9,14-16H2,1H3,(H2,21,22,25). The third-order valence-electron chi connectivity index (χ3n) is 4.60. The van der Waals surface area contributed by atoms with Gasteiger partial charge in [0.05, 0.1) is 0 Å². The van der Waals surface area contributed by atoms with Gasteiger partial charge in [0.2, 0.25) is 0 Å². The van der Waals surface area contributed by atoms with Crippen LogP contribution in [-0.4, -0.2) is 36.5 Å². The molecule has 1 saturated heterocycles. The van der Waals surface area contributed by atoms with Crippen molar-refractivity contribution in [2.45, 2.75) is 58.3 Å². The van der Waals surface area contributed by atoms with Gasteiger partial charge in [-0.2, -0.15) is 0 Å². The summed E-state index contributed by atoms with van der Waals surface area (Å²) in [6.45, 7) is 4.55. The maximum atomic E-state index is 12.5. The Hall–Kier alpha value is -2.04. The highest BCUT2D eigenvalue weighted by molar-refractivity contribution is 5.95. The van der Waals surface area contributed by atoms with Crippen LogP contribution in [0.2, 0.25) is 0 Å². The SMILES string of the molecule is CCCCCCNC(=O)Nc1ccc(C(=O)N2CCCCCC2)cc1. The lowest BCUT2D eigenvalue weighted by Crippen LogP contribution is -2.32. The molecule has 0 bridgehead atoms. The maximum absolute atomic E-state index is 12.5. The molecule has 5 nitrogen and oxygen atoms in total. The molecule has 3 amide bonds. The van der Waals surface area contributed by atoms with Crippen molar-refractivity contribution in [2.24, 2.45) is 0 Å². The number of unbranched alkanes of at least 4 members (excludes halogenated alkanes) is 3. The molecule has 138 valence electrons. The lowest BCUT2D eigenvalue weighted by atomic mass is 10.1. The Morgan fingerprint density at radius 2 is 1.64 bits per heavy atom. The first-order chi connectivity index (χ1) is 12.2. The van der Waals surface area contributed by atoms with Crippen molar-refractivity contribution < 1.29 is 9.59 Å². The Kier molecular flexibility index (Phi) is 8.29. The van der Waals surface area contributed by atoms with Gasteiger partial charge in [-0.05, 0) is 43.5 Å². The Morgan fingerprint density at radius 1 is 0.960 bits per heavy atom. The molecule has 0 radical (unpaired) electrons. The van der Waals surface area contributed by atoms with E-state index in [1.165, 1.54) is 25.7 Å². The predicted molar refractivity (Wildman–Crippen MR) is 102 cm³/mol. The van der Waals surface area contributed by atoms with Crippen molar-refractivity contribution in [3.8, 4) is 0 Å². The number of nitrogens with one attached hydrogen (secondary N) is 2. The summed E-state index contributed by atoms with van der Waals surface area (Å²) in [5, 5.41) is 5.67. The summed E-state index contributed by atoms with van der Waals surface area (Å²) in [5.74, 6) is 0.0915. The van der Waals surface area contributed by atoms with E-state index in [1.54, 1.807) is 24.3 Å². The lowest BCUT2D eigenvalue weighted by Gasteiger charge is -2.20. The molecule has 1 aromatic carbocycles. The molecule has 0 spiro atoms. The van der Waals surface area contributed by atoms with E-state index in [-0.39, 0.29) is 11.9 Å². The van der Waals surface area contributed by atoms with E-state index in [0.29, 0.717) is 17.8 Å². The van der Waals surface area contributed by atoms with E-state index in [0.717, 1.165) is 38.8 Å². The molecular formula is C20H31N3O2. The Bertz CT molecular complexity index is 534. The topological polar surface area (TPSA) is 61.4 Å². The normalized spacial score (nSPS) is 14.7. The van der Waals surface area contributed by atoms with Crippen molar-refractivity contribution in [3.63, 3.8) is 0 Å². The molecule has 0 atom stereocenters. The minimum Gasteiger partial charge on any atom is -0.339 e.